The van der Waals surface area contributed by atoms with E-state index in [-0.39, 0.29) is 12.3 Å². The van der Waals surface area contributed by atoms with Crippen LogP contribution in [0.25, 0.3) is 11.0 Å². The molecule has 0 aliphatic carbocycles. The summed E-state index contributed by atoms with van der Waals surface area (Å²) in [7, 11) is 1.79. The number of carboxylic acids is 1. The zero-order chi connectivity index (χ0) is 25.6. The highest BCUT2D eigenvalue weighted by Gasteiger charge is 2.26. The van der Waals surface area contributed by atoms with E-state index in [0.717, 1.165) is 22.3 Å². The van der Waals surface area contributed by atoms with Gasteiger partial charge in [-0.3, -0.25) is 9.59 Å². The van der Waals surface area contributed by atoms with Crippen molar-refractivity contribution in [2.24, 2.45) is 7.05 Å². The van der Waals surface area contributed by atoms with Gasteiger partial charge in [0, 0.05) is 37.7 Å². The van der Waals surface area contributed by atoms with E-state index in [1.54, 1.807) is 24.0 Å². The second kappa shape index (κ2) is 9.22. The Labute approximate surface area is 209 Å². The molecular formula is C29H28FN3O3. The van der Waals surface area contributed by atoms with Gasteiger partial charge in [-0.15, -0.1) is 0 Å². The van der Waals surface area contributed by atoms with Crippen molar-refractivity contribution < 1.29 is 19.1 Å². The molecule has 0 spiro atoms. The highest BCUT2D eigenvalue weighted by molar-refractivity contribution is 5.94. The van der Waals surface area contributed by atoms with Crippen LogP contribution in [0.1, 0.15) is 56.1 Å². The van der Waals surface area contributed by atoms with Crippen LogP contribution < -0.4 is 0 Å². The number of carbonyl (C=O) groups excluding carboxylic acids is 1. The third-order valence-corrected chi connectivity index (χ3v) is 7.28. The summed E-state index contributed by atoms with van der Waals surface area (Å²) in [6.07, 6.45) is 2.07. The molecule has 0 fully saturated rings. The molecule has 6 nitrogen and oxygen atoms in total. The summed E-state index contributed by atoms with van der Waals surface area (Å²) in [5.74, 6) is -2.17. The quantitative estimate of drug-likeness (QED) is 0.425. The third-order valence-electron chi connectivity index (χ3n) is 7.28. The molecule has 1 aliphatic rings. The van der Waals surface area contributed by atoms with E-state index in [4.69, 9.17) is 0 Å². The highest BCUT2D eigenvalue weighted by Crippen LogP contribution is 2.34. The van der Waals surface area contributed by atoms with Crippen molar-refractivity contribution in [3.63, 3.8) is 0 Å². The number of rotatable bonds is 5. The molecular weight excluding hydrogens is 457 g/mol. The second-order valence-electron chi connectivity index (χ2n) is 9.67. The van der Waals surface area contributed by atoms with Crippen molar-refractivity contribution in [2.75, 3.05) is 6.54 Å². The Morgan fingerprint density at radius 2 is 1.86 bits per heavy atom. The third kappa shape index (κ3) is 4.37. The van der Waals surface area contributed by atoms with E-state index in [1.165, 1.54) is 6.07 Å². The number of halogens is 1. The summed E-state index contributed by atoms with van der Waals surface area (Å²) >= 11 is 0. The molecule has 1 aromatic heterocycles. The first-order valence-corrected chi connectivity index (χ1v) is 12.0. The Morgan fingerprint density at radius 3 is 2.61 bits per heavy atom. The molecule has 4 aromatic rings. The molecule has 36 heavy (non-hydrogen) atoms. The van der Waals surface area contributed by atoms with Crippen molar-refractivity contribution in [2.45, 2.75) is 39.2 Å². The van der Waals surface area contributed by atoms with Crippen LogP contribution in [0.4, 0.5) is 4.39 Å². The number of fused-ring (bicyclic) bond motifs is 2. The maximum absolute atomic E-state index is 15.2. The van der Waals surface area contributed by atoms with E-state index in [2.05, 4.69) is 4.98 Å². The van der Waals surface area contributed by atoms with Crippen molar-refractivity contribution in [3.8, 4) is 0 Å². The number of hydrogen-bond acceptors (Lipinski definition) is 3. The first-order chi connectivity index (χ1) is 17.2. The van der Waals surface area contributed by atoms with E-state index >= 15 is 4.39 Å². The van der Waals surface area contributed by atoms with Crippen molar-refractivity contribution in [3.05, 3.63) is 99.6 Å². The molecule has 0 bridgehead atoms. The minimum absolute atomic E-state index is 0.0251. The summed E-state index contributed by atoms with van der Waals surface area (Å²) < 4.78 is 17.0. The van der Waals surface area contributed by atoms with Gasteiger partial charge in [0.25, 0.3) is 5.91 Å². The number of carbonyl (C=O) groups is 2. The Bertz CT molecular complexity index is 1510. The van der Waals surface area contributed by atoms with Gasteiger partial charge in [-0.05, 0) is 71.8 Å². The van der Waals surface area contributed by atoms with Gasteiger partial charge in [0.15, 0.2) is 0 Å². The number of aryl methyl sites for hydroxylation is 3. The number of hydrogen-bond donors (Lipinski definition) is 1. The smallest absolute Gasteiger partial charge is 0.304 e. The summed E-state index contributed by atoms with van der Waals surface area (Å²) in [6, 6.07) is 14.6. The molecule has 0 saturated carbocycles. The lowest BCUT2D eigenvalue weighted by atomic mass is 9.85. The molecule has 1 N–H and O–H groups in total. The fourth-order valence-electron chi connectivity index (χ4n) is 5.04. The van der Waals surface area contributed by atoms with Crippen molar-refractivity contribution >= 4 is 22.9 Å². The van der Waals surface area contributed by atoms with E-state index < -0.39 is 17.7 Å². The molecule has 184 valence electrons. The molecule has 0 radical (unpaired) electrons. The summed E-state index contributed by atoms with van der Waals surface area (Å²) in [6.45, 7) is 5.05. The average Bonchev–Trinajstić information content (AvgIpc) is 3.22. The van der Waals surface area contributed by atoms with Gasteiger partial charge in [0.05, 0.1) is 23.8 Å². The predicted molar refractivity (Wildman–Crippen MR) is 136 cm³/mol. The summed E-state index contributed by atoms with van der Waals surface area (Å²) in [5, 5.41) is 9.64. The largest absolute Gasteiger partial charge is 0.481 e. The molecule has 3 aromatic carbocycles. The molecule has 1 unspecified atom stereocenters. The fraction of sp³-hybridized carbons (Fsp3) is 0.276. The normalized spacial score (nSPS) is 14.1. The molecule has 7 heteroatoms. The molecule has 0 saturated heterocycles. The Balaban J connectivity index is 1.49. The van der Waals surface area contributed by atoms with E-state index in [1.807, 2.05) is 55.1 Å². The number of benzene rings is 3. The number of aliphatic carboxylic acids is 1. The van der Waals surface area contributed by atoms with Crippen LogP contribution in [0, 0.1) is 19.7 Å². The van der Waals surface area contributed by atoms with Crippen LogP contribution in [0.15, 0.2) is 54.9 Å². The number of nitrogens with zero attached hydrogens (tertiary/aromatic N) is 3. The lowest BCUT2D eigenvalue weighted by molar-refractivity contribution is -0.137. The SMILES string of the molecule is Cc1ccc(C(=O)N2CCc3ccc(C(CC(=O)O)c4cc5ncn(C)c5cc4F)cc3C2)cc1C. The second-order valence-corrected chi connectivity index (χ2v) is 9.67. The van der Waals surface area contributed by atoms with Gasteiger partial charge in [-0.1, -0.05) is 24.3 Å². The average molecular weight is 486 g/mol. The Kier molecular flexibility index (Phi) is 6.08. The lowest BCUT2D eigenvalue weighted by Gasteiger charge is -2.30. The summed E-state index contributed by atoms with van der Waals surface area (Å²) in [5.41, 5.74) is 7.25. The minimum Gasteiger partial charge on any atom is -0.481 e. The molecule has 1 aliphatic heterocycles. The molecule has 1 amide bonds. The van der Waals surface area contributed by atoms with Crippen molar-refractivity contribution in [1.29, 1.82) is 0 Å². The van der Waals surface area contributed by atoms with Crippen LogP contribution >= 0.6 is 0 Å². The Hall–Kier alpha value is -4.00. The van der Waals surface area contributed by atoms with E-state index in [9.17, 15) is 14.7 Å². The van der Waals surface area contributed by atoms with Gasteiger partial charge in [0.1, 0.15) is 5.82 Å². The van der Waals surface area contributed by atoms with Crippen LogP contribution in [0.2, 0.25) is 0 Å². The van der Waals surface area contributed by atoms with Crippen LogP contribution in [-0.2, 0) is 24.8 Å². The monoisotopic (exact) mass is 485 g/mol. The summed E-state index contributed by atoms with van der Waals surface area (Å²) in [4.78, 5) is 31.1. The van der Waals surface area contributed by atoms with Gasteiger partial charge >= 0.3 is 5.97 Å². The number of amides is 1. The fourth-order valence-corrected chi connectivity index (χ4v) is 5.04. The van der Waals surface area contributed by atoms with Crippen LogP contribution in [-0.4, -0.2) is 38.0 Å². The maximum atomic E-state index is 15.2. The molecule has 5 rings (SSSR count). The van der Waals surface area contributed by atoms with Gasteiger partial charge in [-0.25, -0.2) is 9.37 Å². The van der Waals surface area contributed by atoms with E-state index in [0.29, 0.717) is 47.2 Å². The minimum atomic E-state index is -1.01. The number of aromatic nitrogens is 2. The molecule has 1 atom stereocenters. The number of imidazole rings is 1. The van der Waals surface area contributed by atoms with Gasteiger partial charge in [0.2, 0.25) is 0 Å². The lowest BCUT2D eigenvalue weighted by Crippen LogP contribution is -2.36. The Morgan fingerprint density at radius 1 is 1.06 bits per heavy atom. The first kappa shape index (κ1) is 23.7. The topological polar surface area (TPSA) is 75.4 Å². The molecule has 2 heterocycles. The zero-order valence-corrected chi connectivity index (χ0v) is 20.6. The van der Waals surface area contributed by atoms with Crippen molar-refractivity contribution in [1.82, 2.24) is 14.5 Å². The standard InChI is InChI=1S/C29H28FN3O3/c1-17-4-5-21(10-18(17)2)29(36)33-9-8-19-6-7-20(11-22(19)15-33)23(13-28(34)35)24-12-26-27(14-25(24)30)32(3)16-31-26/h4-7,10-12,14,16,23H,8-9,13,15H2,1-3H3,(H,34,35). The van der Waals surface area contributed by atoms with Crippen LogP contribution in [0.3, 0.4) is 0 Å². The maximum Gasteiger partial charge on any atom is 0.304 e. The highest BCUT2D eigenvalue weighted by atomic mass is 19.1. The zero-order valence-electron chi connectivity index (χ0n) is 20.6. The predicted octanol–water partition coefficient (Wildman–Crippen LogP) is 5.13. The van der Waals surface area contributed by atoms with Gasteiger partial charge in [-0.2, -0.15) is 0 Å². The van der Waals surface area contributed by atoms with Crippen LogP contribution in [0.5, 0.6) is 0 Å². The number of carboxylic acid groups (broad SMARTS) is 1. The van der Waals surface area contributed by atoms with Gasteiger partial charge < -0.3 is 14.6 Å². The first-order valence-electron chi connectivity index (χ1n) is 12.0.